The predicted molar refractivity (Wildman–Crippen MR) is 129 cm³/mol. The molecule has 0 aromatic heterocycles. The quantitative estimate of drug-likeness (QED) is 0.524. The van der Waals surface area contributed by atoms with Gasteiger partial charge >= 0.3 is 6.03 Å². The van der Waals surface area contributed by atoms with Gasteiger partial charge in [0.1, 0.15) is 0 Å². The fraction of sp³-hybridized carbons (Fsp3) is 0.400. The summed E-state index contributed by atoms with van der Waals surface area (Å²) in [5.74, 6) is 0.373. The molecule has 1 fully saturated rings. The SMILES string of the molecule is CCNC(=O)COc1ccc(CNC(=O)C2CCCN(C(=O)Nc3ccccc3)C2)cc1OC. The van der Waals surface area contributed by atoms with Gasteiger partial charge < -0.3 is 30.3 Å². The number of para-hydroxylation sites is 1. The molecule has 2 aromatic carbocycles. The zero-order chi connectivity index (χ0) is 24.3. The lowest BCUT2D eigenvalue weighted by molar-refractivity contribution is -0.126. The van der Waals surface area contributed by atoms with Gasteiger partial charge in [-0.25, -0.2) is 4.79 Å². The third-order valence-electron chi connectivity index (χ3n) is 5.53. The Labute approximate surface area is 199 Å². The Bertz CT molecular complexity index is 983. The Balaban J connectivity index is 1.51. The highest BCUT2D eigenvalue weighted by atomic mass is 16.5. The van der Waals surface area contributed by atoms with Crippen molar-refractivity contribution in [3.05, 3.63) is 54.1 Å². The molecule has 3 rings (SSSR count). The Morgan fingerprint density at radius 2 is 1.85 bits per heavy atom. The number of nitrogens with one attached hydrogen (secondary N) is 3. The van der Waals surface area contributed by atoms with Crippen LogP contribution in [0.1, 0.15) is 25.3 Å². The Kier molecular flexibility index (Phi) is 9.13. The molecule has 1 aliphatic rings. The van der Waals surface area contributed by atoms with Gasteiger partial charge in [0.25, 0.3) is 5.91 Å². The molecule has 9 heteroatoms. The fourth-order valence-corrected chi connectivity index (χ4v) is 3.77. The van der Waals surface area contributed by atoms with Crippen LogP contribution in [0.15, 0.2) is 48.5 Å². The molecule has 182 valence electrons. The lowest BCUT2D eigenvalue weighted by atomic mass is 9.97. The first-order valence-corrected chi connectivity index (χ1v) is 11.4. The minimum absolute atomic E-state index is 0.0901. The minimum Gasteiger partial charge on any atom is -0.493 e. The van der Waals surface area contributed by atoms with E-state index in [-0.39, 0.29) is 30.4 Å². The number of hydrogen-bond acceptors (Lipinski definition) is 5. The van der Waals surface area contributed by atoms with Crippen molar-refractivity contribution in [1.82, 2.24) is 15.5 Å². The van der Waals surface area contributed by atoms with Crippen LogP contribution in [-0.2, 0) is 16.1 Å². The number of rotatable bonds is 9. The minimum atomic E-state index is -0.267. The second kappa shape index (κ2) is 12.5. The molecule has 1 saturated heterocycles. The lowest BCUT2D eigenvalue weighted by Crippen LogP contribution is -2.46. The van der Waals surface area contributed by atoms with Crippen molar-refractivity contribution in [2.45, 2.75) is 26.3 Å². The van der Waals surface area contributed by atoms with Crippen LogP contribution in [0.5, 0.6) is 11.5 Å². The number of likely N-dealkylation sites (N-methyl/N-ethyl adjacent to an activating group) is 1. The highest BCUT2D eigenvalue weighted by Gasteiger charge is 2.28. The van der Waals surface area contributed by atoms with Gasteiger partial charge in [0.2, 0.25) is 5.91 Å². The summed E-state index contributed by atoms with van der Waals surface area (Å²) in [7, 11) is 1.52. The van der Waals surface area contributed by atoms with Crippen LogP contribution < -0.4 is 25.4 Å². The maximum absolute atomic E-state index is 12.8. The number of anilines is 1. The number of piperidine rings is 1. The number of carbonyl (C=O) groups is 3. The molecule has 1 unspecified atom stereocenters. The zero-order valence-corrected chi connectivity index (χ0v) is 19.6. The third kappa shape index (κ3) is 7.13. The summed E-state index contributed by atoms with van der Waals surface area (Å²) in [6, 6.07) is 14.4. The molecule has 9 nitrogen and oxygen atoms in total. The van der Waals surface area contributed by atoms with E-state index in [1.165, 1.54) is 7.11 Å². The summed E-state index contributed by atoms with van der Waals surface area (Å²) < 4.78 is 10.9. The monoisotopic (exact) mass is 468 g/mol. The van der Waals surface area contributed by atoms with Gasteiger partial charge in [0.05, 0.1) is 13.0 Å². The summed E-state index contributed by atoms with van der Waals surface area (Å²) in [5.41, 5.74) is 1.57. The number of hydrogen-bond donors (Lipinski definition) is 3. The van der Waals surface area contributed by atoms with E-state index in [9.17, 15) is 14.4 Å². The van der Waals surface area contributed by atoms with Crippen molar-refractivity contribution in [2.24, 2.45) is 5.92 Å². The van der Waals surface area contributed by atoms with Crippen LogP contribution in [0, 0.1) is 5.92 Å². The predicted octanol–water partition coefficient (Wildman–Crippen LogP) is 2.77. The number of ether oxygens (including phenoxy) is 2. The third-order valence-corrected chi connectivity index (χ3v) is 5.53. The molecule has 1 atom stereocenters. The molecule has 4 amide bonds. The lowest BCUT2D eigenvalue weighted by Gasteiger charge is -2.32. The number of amides is 4. The smallest absolute Gasteiger partial charge is 0.321 e. The second-order valence-corrected chi connectivity index (χ2v) is 8.03. The molecular formula is C25H32N4O5. The summed E-state index contributed by atoms with van der Waals surface area (Å²) in [6.45, 7) is 3.59. The maximum atomic E-state index is 12.8. The number of carbonyl (C=O) groups excluding carboxylic acids is 3. The first-order chi connectivity index (χ1) is 16.5. The zero-order valence-electron chi connectivity index (χ0n) is 19.6. The second-order valence-electron chi connectivity index (χ2n) is 8.03. The maximum Gasteiger partial charge on any atom is 0.321 e. The highest BCUT2D eigenvalue weighted by Crippen LogP contribution is 2.28. The van der Waals surface area contributed by atoms with Crippen LogP contribution in [0.25, 0.3) is 0 Å². The number of methoxy groups -OCH3 is 1. The number of urea groups is 1. The van der Waals surface area contributed by atoms with Gasteiger partial charge in [-0.2, -0.15) is 0 Å². The van der Waals surface area contributed by atoms with E-state index in [1.807, 2.05) is 43.3 Å². The van der Waals surface area contributed by atoms with Gasteiger partial charge in [-0.3, -0.25) is 9.59 Å². The molecule has 3 N–H and O–H groups in total. The standard InChI is InChI=1S/C25H32N4O5/c1-3-26-23(30)17-34-21-12-11-18(14-22(21)33-2)15-27-24(31)19-8-7-13-29(16-19)25(32)28-20-9-5-4-6-10-20/h4-6,9-12,14,19H,3,7-8,13,15-17H2,1-2H3,(H,26,30)(H,27,31)(H,28,32). The van der Waals surface area contributed by atoms with E-state index >= 15 is 0 Å². The number of nitrogens with zero attached hydrogens (tertiary/aromatic N) is 1. The van der Waals surface area contributed by atoms with E-state index in [1.54, 1.807) is 17.0 Å². The van der Waals surface area contributed by atoms with Crippen molar-refractivity contribution in [1.29, 1.82) is 0 Å². The van der Waals surface area contributed by atoms with Gasteiger partial charge in [-0.15, -0.1) is 0 Å². The number of likely N-dealkylation sites (tertiary alicyclic amines) is 1. The van der Waals surface area contributed by atoms with Crippen molar-refractivity contribution in [2.75, 3.05) is 38.7 Å². The van der Waals surface area contributed by atoms with E-state index in [0.29, 0.717) is 37.7 Å². The summed E-state index contributed by atoms with van der Waals surface area (Å²) in [4.78, 5) is 38.7. The van der Waals surface area contributed by atoms with Crippen molar-refractivity contribution in [3.8, 4) is 11.5 Å². The average molecular weight is 469 g/mol. The summed E-state index contributed by atoms with van der Waals surface area (Å²) in [6.07, 6.45) is 1.50. The van der Waals surface area contributed by atoms with Crippen molar-refractivity contribution < 1.29 is 23.9 Å². The summed E-state index contributed by atoms with van der Waals surface area (Å²) in [5, 5.41) is 8.50. The van der Waals surface area contributed by atoms with Crippen LogP contribution in [0.2, 0.25) is 0 Å². The van der Waals surface area contributed by atoms with E-state index < -0.39 is 0 Å². The number of benzene rings is 2. The fourth-order valence-electron chi connectivity index (χ4n) is 3.77. The van der Waals surface area contributed by atoms with Gasteiger partial charge in [-0.05, 0) is 49.6 Å². The summed E-state index contributed by atoms with van der Waals surface area (Å²) >= 11 is 0. The molecular weight excluding hydrogens is 436 g/mol. The highest BCUT2D eigenvalue weighted by molar-refractivity contribution is 5.90. The first kappa shape index (κ1) is 24.9. The van der Waals surface area contributed by atoms with Crippen molar-refractivity contribution >= 4 is 23.5 Å². The van der Waals surface area contributed by atoms with Crippen LogP contribution >= 0.6 is 0 Å². The molecule has 0 radical (unpaired) electrons. The van der Waals surface area contributed by atoms with Crippen LogP contribution in [0.4, 0.5) is 10.5 Å². The van der Waals surface area contributed by atoms with Gasteiger partial charge in [0, 0.05) is 31.9 Å². The Morgan fingerprint density at radius 1 is 1.06 bits per heavy atom. The van der Waals surface area contributed by atoms with E-state index in [4.69, 9.17) is 9.47 Å². The topological polar surface area (TPSA) is 109 Å². The molecule has 0 spiro atoms. The Morgan fingerprint density at radius 3 is 2.59 bits per heavy atom. The van der Waals surface area contributed by atoms with Crippen LogP contribution in [0.3, 0.4) is 0 Å². The van der Waals surface area contributed by atoms with E-state index in [0.717, 1.165) is 24.1 Å². The molecule has 0 saturated carbocycles. The Hall–Kier alpha value is -3.75. The normalized spacial score (nSPS) is 15.2. The largest absolute Gasteiger partial charge is 0.493 e. The van der Waals surface area contributed by atoms with Gasteiger partial charge in [-0.1, -0.05) is 24.3 Å². The van der Waals surface area contributed by atoms with E-state index in [2.05, 4.69) is 16.0 Å². The van der Waals surface area contributed by atoms with Crippen molar-refractivity contribution in [3.63, 3.8) is 0 Å². The molecule has 34 heavy (non-hydrogen) atoms. The molecule has 1 aliphatic heterocycles. The van der Waals surface area contributed by atoms with Gasteiger partial charge in [0.15, 0.2) is 18.1 Å². The molecule has 0 bridgehead atoms. The molecule has 2 aromatic rings. The van der Waals surface area contributed by atoms with Crippen LogP contribution in [-0.4, -0.2) is 56.1 Å². The first-order valence-electron chi connectivity index (χ1n) is 11.4. The average Bonchev–Trinajstić information content (AvgIpc) is 2.87. The molecule has 1 heterocycles. The molecule has 0 aliphatic carbocycles.